The van der Waals surface area contributed by atoms with E-state index in [0.29, 0.717) is 23.0 Å². The standard InChI is InChI=1S/C17H22N2O4S/c1-2-3-10-22-11-5-9-18-17(21)14-7-8-15(24-14)19-16(20)13-6-4-12-23-13/h4,6-8,12H,2-3,5,9-11H2,1H3,(H,18,21)(H,19,20). The van der Waals surface area contributed by atoms with Crippen LogP contribution in [0.15, 0.2) is 34.9 Å². The van der Waals surface area contributed by atoms with Gasteiger partial charge in [-0.3, -0.25) is 9.59 Å². The third kappa shape index (κ3) is 5.82. The molecule has 2 heterocycles. The summed E-state index contributed by atoms with van der Waals surface area (Å²) in [6.45, 7) is 4.11. The van der Waals surface area contributed by atoms with Crippen molar-refractivity contribution in [2.24, 2.45) is 0 Å². The van der Waals surface area contributed by atoms with E-state index in [2.05, 4.69) is 17.6 Å². The summed E-state index contributed by atoms with van der Waals surface area (Å²) in [5, 5.41) is 6.15. The largest absolute Gasteiger partial charge is 0.459 e. The van der Waals surface area contributed by atoms with Crippen molar-refractivity contribution < 1.29 is 18.7 Å². The number of anilines is 1. The molecule has 24 heavy (non-hydrogen) atoms. The number of hydrogen-bond acceptors (Lipinski definition) is 5. The van der Waals surface area contributed by atoms with Gasteiger partial charge in [0, 0.05) is 19.8 Å². The van der Waals surface area contributed by atoms with Crippen LogP contribution in [-0.2, 0) is 4.74 Å². The Bertz CT molecular complexity index is 637. The quantitative estimate of drug-likeness (QED) is 0.642. The van der Waals surface area contributed by atoms with Crippen LogP contribution in [0.1, 0.15) is 46.4 Å². The molecule has 0 aliphatic rings. The molecule has 0 fully saturated rings. The van der Waals surface area contributed by atoms with Gasteiger partial charge < -0.3 is 19.8 Å². The number of carbonyl (C=O) groups is 2. The Balaban J connectivity index is 1.70. The number of thiophene rings is 1. The van der Waals surface area contributed by atoms with Crippen molar-refractivity contribution in [2.75, 3.05) is 25.1 Å². The average molecular weight is 350 g/mol. The lowest BCUT2D eigenvalue weighted by Crippen LogP contribution is -2.24. The third-order valence-electron chi connectivity index (χ3n) is 3.20. The lowest BCUT2D eigenvalue weighted by molar-refractivity contribution is 0.0943. The molecule has 0 bridgehead atoms. The van der Waals surface area contributed by atoms with E-state index < -0.39 is 0 Å². The molecule has 0 aliphatic carbocycles. The Labute approximate surface area is 145 Å². The van der Waals surface area contributed by atoms with Gasteiger partial charge in [-0.05, 0) is 37.1 Å². The Hall–Kier alpha value is -2.12. The first-order chi connectivity index (χ1) is 11.7. The van der Waals surface area contributed by atoms with Gasteiger partial charge in [-0.15, -0.1) is 11.3 Å². The van der Waals surface area contributed by atoms with Gasteiger partial charge >= 0.3 is 0 Å². The minimum atomic E-state index is -0.335. The Morgan fingerprint density at radius 3 is 2.75 bits per heavy atom. The lowest BCUT2D eigenvalue weighted by Gasteiger charge is -2.04. The number of carbonyl (C=O) groups excluding carboxylic acids is 2. The molecule has 0 atom stereocenters. The molecule has 2 aromatic heterocycles. The summed E-state index contributed by atoms with van der Waals surface area (Å²) >= 11 is 1.22. The molecule has 2 amide bonds. The van der Waals surface area contributed by atoms with E-state index in [1.165, 1.54) is 17.6 Å². The fraction of sp³-hybridized carbons (Fsp3) is 0.412. The van der Waals surface area contributed by atoms with Gasteiger partial charge in [0.05, 0.1) is 16.1 Å². The number of nitrogens with one attached hydrogen (secondary N) is 2. The van der Waals surface area contributed by atoms with Crippen LogP contribution in [0.25, 0.3) is 0 Å². The zero-order valence-electron chi connectivity index (χ0n) is 13.7. The van der Waals surface area contributed by atoms with Gasteiger partial charge in [0.2, 0.25) is 0 Å². The van der Waals surface area contributed by atoms with Gasteiger partial charge in [0.15, 0.2) is 5.76 Å². The first kappa shape index (κ1) is 18.2. The fourth-order valence-corrected chi connectivity index (χ4v) is 2.74. The molecule has 130 valence electrons. The fourth-order valence-electron chi connectivity index (χ4n) is 1.92. The Kier molecular flexibility index (Phi) is 7.51. The van der Waals surface area contributed by atoms with Gasteiger partial charge in [0.1, 0.15) is 0 Å². The van der Waals surface area contributed by atoms with Crippen molar-refractivity contribution in [2.45, 2.75) is 26.2 Å². The molecule has 2 rings (SSSR count). The predicted molar refractivity (Wildman–Crippen MR) is 93.7 cm³/mol. The Morgan fingerprint density at radius 2 is 2.00 bits per heavy atom. The number of unbranched alkanes of at least 4 members (excludes halogenated alkanes) is 1. The van der Waals surface area contributed by atoms with Crippen LogP contribution < -0.4 is 10.6 Å². The molecule has 7 heteroatoms. The van der Waals surface area contributed by atoms with Crippen LogP contribution in [0.5, 0.6) is 0 Å². The maximum absolute atomic E-state index is 12.0. The van der Waals surface area contributed by atoms with E-state index in [1.807, 2.05) is 0 Å². The maximum Gasteiger partial charge on any atom is 0.291 e. The number of furan rings is 1. The molecule has 6 nitrogen and oxygen atoms in total. The maximum atomic E-state index is 12.0. The lowest BCUT2D eigenvalue weighted by atomic mass is 10.3. The number of hydrogen-bond donors (Lipinski definition) is 2. The number of amides is 2. The number of rotatable bonds is 10. The molecule has 2 aromatic rings. The van der Waals surface area contributed by atoms with Crippen LogP contribution in [0.3, 0.4) is 0 Å². The van der Waals surface area contributed by atoms with Gasteiger partial charge in [-0.1, -0.05) is 13.3 Å². The van der Waals surface area contributed by atoms with Gasteiger partial charge in [0.25, 0.3) is 11.8 Å². The van der Waals surface area contributed by atoms with E-state index in [-0.39, 0.29) is 17.6 Å². The highest BCUT2D eigenvalue weighted by Crippen LogP contribution is 2.22. The molecule has 0 saturated heterocycles. The van der Waals surface area contributed by atoms with Gasteiger partial charge in [-0.25, -0.2) is 0 Å². The molecule has 0 aromatic carbocycles. The summed E-state index contributed by atoms with van der Waals surface area (Å²) in [4.78, 5) is 24.4. The molecule has 0 spiro atoms. The minimum absolute atomic E-state index is 0.146. The van der Waals surface area contributed by atoms with Crippen molar-refractivity contribution in [1.29, 1.82) is 0 Å². The van der Waals surface area contributed by atoms with Crippen molar-refractivity contribution in [3.8, 4) is 0 Å². The highest BCUT2D eigenvalue weighted by Gasteiger charge is 2.13. The second-order valence-corrected chi connectivity index (χ2v) is 6.25. The Morgan fingerprint density at radius 1 is 1.17 bits per heavy atom. The summed E-state index contributed by atoms with van der Waals surface area (Å²) in [5.41, 5.74) is 0. The monoisotopic (exact) mass is 350 g/mol. The van der Waals surface area contributed by atoms with E-state index in [0.717, 1.165) is 25.9 Å². The summed E-state index contributed by atoms with van der Waals surface area (Å²) in [7, 11) is 0. The topological polar surface area (TPSA) is 80.6 Å². The molecular formula is C17H22N2O4S. The SMILES string of the molecule is CCCCOCCCNC(=O)c1ccc(NC(=O)c2ccco2)s1. The van der Waals surface area contributed by atoms with Crippen LogP contribution in [-0.4, -0.2) is 31.6 Å². The number of ether oxygens (including phenoxy) is 1. The van der Waals surface area contributed by atoms with Crippen molar-refractivity contribution in [3.63, 3.8) is 0 Å². The summed E-state index contributed by atoms with van der Waals surface area (Å²) in [5.74, 6) is -0.248. The van der Waals surface area contributed by atoms with Crippen LogP contribution in [0, 0.1) is 0 Å². The summed E-state index contributed by atoms with van der Waals surface area (Å²) in [6, 6.07) is 6.62. The van der Waals surface area contributed by atoms with Crippen LogP contribution >= 0.6 is 11.3 Å². The predicted octanol–water partition coefficient (Wildman–Crippen LogP) is 3.53. The molecular weight excluding hydrogens is 328 g/mol. The highest BCUT2D eigenvalue weighted by atomic mass is 32.1. The normalized spacial score (nSPS) is 10.5. The first-order valence-corrected chi connectivity index (χ1v) is 8.83. The van der Waals surface area contributed by atoms with Crippen molar-refractivity contribution >= 4 is 28.2 Å². The smallest absolute Gasteiger partial charge is 0.291 e. The van der Waals surface area contributed by atoms with Gasteiger partial charge in [-0.2, -0.15) is 0 Å². The minimum Gasteiger partial charge on any atom is -0.459 e. The molecule has 0 unspecified atom stereocenters. The molecule has 0 saturated carbocycles. The third-order valence-corrected chi connectivity index (χ3v) is 4.20. The average Bonchev–Trinajstić information content (AvgIpc) is 3.25. The van der Waals surface area contributed by atoms with E-state index in [4.69, 9.17) is 9.15 Å². The second-order valence-electron chi connectivity index (χ2n) is 5.17. The second kappa shape index (κ2) is 9.89. The zero-order valence-corrected chi connectivity index (χ0v) is 14.5. The van der Waals surface area contributed by atoms with Crippen molar-refractivity contribution in [1.82, 2.24) is 5.32 Å². The van der Waals surface area contributed by atoms with Crippen molar-refractivity contribution in [3.05, 3.63) is 41.2 Å². The van der Waals surface area contributed by atoms with Crippen LogP contribution in [0.2, 0.25) is 0 Å². The summed E-state index contributed by atoms with van der Waals surface area (Å²) < 4.78 is 10.5. The van der Waals surface area contributed by atoms with E-state index in [9.17, 15) is 9.59 Å². The zero-order chi connectivity index (χ0) is 17.2. The van der Waals surface area contributed by atoms with Crippen LogP contribution in [0.4, 0.5) is 5.00 Å². The summed E-state index contributed by atoms with van der Waals surface area (Å²) in [6.07, 6.45) is 4.40. The molecule has 0 radical (unpaired) electrons. The first-order valence-electron chi connectivity index (χ1n) is 8.01. The van der Waals surface area contributed by atoms with E-state index >= 15 is 0 Å². The van der Waals surface area contributed by atoms with E-state index in [1.54, 1.807) is 24.3 Å². The molecule has 2 N–H and O–H groups in total. The molecule has 0 aliphatic heterocycles. The highest BCUT2D eigenvalue weighted by molar-refractivity contribution is 7.18.